The molecule has 20 heavy (non-hydrogen) atoms. The van der Waals surface area contributed by atoms with Gasteiger partial charge in [-0.15, -0.1) is 10.2 Å². The Morgan fingerprint density at radius 2 is 1.95 bits per heavy atom. The summed E-state index contributed by atoms with van der Waals surface area (Å²) in [5.74, 6) is 1.31. The van der Waals surface area contributed by atoms with Gasteiger partial charge in [-0.3, -0.25) is 0 Å². The van der Waals surface area contributed by atoms with E-state index in [2.05, 4.69) is 29.1 Å². The topological polar surface area (TPSA) is 69.1 Å². The Morgan fingerprint density at radius 1 is 1.20 bits per heavy atom. The van der Waals surface area contributed by atoms with Gasteiger partial charge in [0.05, 0.1) is 6.04 Å². The summed E-state index contributed by atoms with van der Waals surface area (Å²) in [6.45, 7) is 4.32. The van der Waals surface area contributed by atoms with Crippen LogP contribution in [0.25, 0.3) is 16.3 Å². The molecule has 2 aromatic heterocycles. The number of hydrogen-bond acceptors (Lipinski definition) is 5. The van der Waals surface area contributed by atoms with Gasteiger partial charge in [-0.05, 0) is 12.3 Å². The minimum absolute atomic E-state index is 0.0367. The highest BCUT2D eigenvalue weighted by Gasteiger charge is 2.17. The lowest BCUT2D eigenvalue weighted by atomic mass is 10.1. The maximum atomic E-state index is 6.19. The van der Waals surface area contributed by atoms with E-state index in [0.717, 1.165) is 27.8 Å². The quantitative estimate of drug-likeness (QED) is 0.801. The third kappa shape index (κ3) is 2.44. The van der Waals surface area contributed by atoms with Crippen molar-refractivity contribution in [2.24, 2.45) is 11.7 Å². The molecule has 1 atom stereocenters. The van der Waals surface area contributed by atoms with Gasteiger partial charge in [-0.25, -0.2) is 0 Å². The fraction of sp³-hybridized carbons (Fsp3) is 0.357. The molecule has 1 aromatic carbocycles. The van der Waals surface area contributed by atoms with E-state index in [9.17, 15) is 0 Å². The Kier molecular flexibility index (Phi) is 3.50. The Hall–Kier alpha value is -1.79. The van der Waals surface area contributed by atoms with Gasteiger partial charge in [0.2, 0.25) is 4.96 Å². The third-order valence-electron chi connectivity index (χ3n) is 3.08. The Bertz CT molecular complexity index is 701. The van der Waals surface area contributed by atoms with Crippen LogP contribution in [-0.2, 0) is 0 Å². The SMILES string of the molecule is CC(C)CC(N)c1nn2c(-c3ccccc3)nnc2s1. The first kappa shape index (κ1) is 13.2. The second kappa shape index (κ2) is 5.30. The summed E-state index contributed by atoms with van der Waals surface area (Å²) in [5, 5.41) is 13.9. The number of nitrogens with zero attached hydrogens (tertiary/aromatic N) is 4. The van der Waals surface area contributed by atoms with Crippen molar-refractivity contribution < 1.29 is 0 Å². The molecule has 0 aliphatic rings. The predicted molar refractivity (Wildman–Crippen MR) is 80.5 cm³/mol. The smallest absolute Gasteiger partial charge is 0.235 e. The van der Waals surface area contributed by atoms with E-state index in [0.29, 0.717) is 5.92 Å². The lowest BCUT2D eigenvalue weighted by Gasteiger charge is -2.09. The van der Waals surface area contributed by atoms with Crippen LogP contribution in [0.3, 0.4) is 0 Å². The van der Waals surface area contributed by atoms with Gasteiger partial charge in [-0.1, -0.05) is 55.5 Å². The molecule has 0 aliphatic heterocycles. The highest BCUT2D eigenvalue weighted by molar-refractivity contribution is 7.16. The van der Waals surface area contributed by atoms with Crippen molar-refractivity contribution in [2.45, 2.75) is 26.3 Å². The Labute approximate surface area is 121 Å². The fourth-order valence-corrected chi connectivity index (χ4v) is 3.01. The first-order valence-electron chi connectivity index (χ1n) is 6.68. The summed E-state index contributed by atoms with van der Waals surface area (Å²) in [6, 6.07) is 9.91. The van der Waals surface area contributed by atoms with Crippen LogP contribution in [-0.4, -0.2) is 19.8 Å². The summed E-state index contributed by atoms with van der Waals surface area (Å²) in [6.07, 6.45) is 0.921. The molecule has 0 saturated heterocycles. The van der Waals surface area contributed by atoms with E-state index in [1.165, 1.54) is 11.3 Å². The van der Waals surface area contributed by atoms with Gasteiger partial charge < -0.3 is 5.73 Å². The highest BCUT2D eigenvalue weighted by Crippen LogP contribution is 2.26. The maximum Gasteiger partial charge on any atom is 0.235 e. The van der Waals surface area contributed by atoms with Crippen LogP contribution in [0.2, 0.25) is 0 Å². The average Bonchev–Trinajstić information content (AvgIpc) is 2.98. The first-order chi connectivity index (χ1) is 9.65. The number of fused-ring (bicyclic) bond motifs is 1. The molecule has 3 aromatic rings. The summed E-state index contributed by atoms with van der Waals surface area (Å²) < 4.78 is 1.79. The van der Waals surface area contributed by atoms with Gasteiger partial charge in [0.25, 0.3) is 0 Å². The molecule has 0 aliphatic carbocycles. The lowest BCUT2D eigenvalue weighted by molar-refractivity contribution is 0.505. The number of nitrogens with two attached hydrogens (primary N) is 1. The second-order valence-corrected chi connectivity index (χ2v) is 6.25. The summed E-state index contributed by atoms with van der Waals surface area (Å²) in [5.41, 5.74) is 7.20. The zero-order valence-electron chi connectivity index (χ0n) is 11.5. The molecule has 3 rings (SSSR count). The summed E-state index contributed by atoms with van der Waals surface area (Å²) >= 11 is 1.52. The molecule has 0 fully saturated rings. The molecule has 0 saturated carbocycles. The maximum absolute atomic E-state index is 6.19. The summed E-state index contributed by atoms with van der Waals surface area (Å²) in [7, 11) is 0. The highest BCUT2D eigenvalue weighted by atomic mass is 32.1. The van der Waals surface area contributed by atoms with Crippen molar-refractivity contribution in [1.82, 2.24) is 19.8 Å². The molecule has 0 amide bonds. The molecule has 5 nitrogen and oxygen atoms in total. The van der Waals surface area contributed by atoms with E-state index in [-0.39, 0.29) is 6.04 Å². The van der Waals surface area contributed by atoms with E-state index in [1.807, 2.05) is 30.3 Å². The van der Waals surface area contributed by atoms with Crippen LogP contribution in [0.4, 0.5) is 0 Å². The zero-order chi connectivity index (χ0) is 14.1. The number of rotatable bonds is 4. The minimum Gasteiger partial charge on any atom is -0.322 e. The molecule has 2 heterocycles. The van der Waals surface area contributed by atoms with Crippen LogP contribution in [0.5, 0.6) is 0 Å². The number of benzene rings is 1. The molecule has 2 N–H and O–H groups in total. The molecule has 0 radical (unpaired) electrons. The van der Waals surface area contributed by atoms with Crippen LogP contribution in [0.1, 0.15) is 31.3 Å². The van der Waals surface area contributed by atoms with Crippen molar-refractivity contribution in [3.63, 3.8) is 0 Å². The third-order valence-corrected chi connectivity index (χ3v) is 4.11. The average molecular weight is 287 g/mol. The van der Waals surface area contributed by atoms with Crippen molar-refractivity contribution in [3.8, 4) is 11.4 Å². The monoisotopic (exact) mass is 287 g/mol. The van der Waals surface area contributed by atoms with E-state index >= 15 is 0 Å². The standard InChI is InChI=1S/C14H17N5S/c1-9(2)8-11(15)13-18-19-12(16-17-14(19)20-13)10-6-4-3-5-7-10/h3-7,9,11H,8,15H2,1-2H3. The molecule has 1 unspecified atom stereocenters. The van der Waals surface area contributed by atoms with Crippen LogP contribution >= 0.6 is 11.3 Å². The normalized spacial score (nSPS) is 13.2. The Balaban J connectivity index is 1.99. The zero-order valence-corrected chi connectivity index (χ0v) is 12.3. The largest absolute Gasteiger partial charge is 0.322 e. The molecular weight excluding hydrogens is 270 g/mol. The lowest BCUT2D eigenvalue weighted by Crippen LogP contribution is -2.13. The van der Waals surface area contributed by atoms with E-state index in [1.54, 1.807) is 4.52 Å². The van der Waals surface area contributed by atoms with Gasteiger partial charge in [0.15, 0.2) is 5.82 Å². The predicted octanol–water partition coefficient (Wildman–Crippen LogP) is 2.90. The van der Waals surface area contributed by atoms with Crippen LogP contribution < -0.4 is 5.73 Å². The molecule has 0 spiro atoms. The minimum atomic E-state index is -0.0367. The molecular formula is C14H17N5S. The molecule has 6 heteroatoms. The van der Waals surface area contributed by atoms with Gasteiger partial charge >= 0.3 is 0 Å². The van der Waals surface area contributed by atoms with Gasteiger partial charge in [0, 0.05) is 5.56 Å². The van der Waals surface area contributed by atoms with Crippen molar-refractivity contribution in [1.29, 1.82) is 0 Å². The van der Waals surface area contributed by atoms with Crippen molar-refractivity contribution in [3.05, 3.63) is 35.3 Å². The van der Waals surface area contributed by atoms with Crippen molar-refractivity contribution >= 4 is 16.3 Å². The number of aromatic nitrogens is 4. The first-order valence-corrected chi connectivity index (χ1v) is 7.50. The molecule has 0 bridgehead atoms. The summed E-state index contributed by atoms with van der Waals surface area (Å²) in [4.78, 5) is 0.790. The molecule has 104 valence electrons. The van der Waals surface area contributed by atoms with Crippen LogP contribution in [0.15, 0.2) is 30.3 Å². The Morgan fingerprint density at radius 3 is 2.65 bits per heavy atom. The van der Waals surface area contributed by atoms with Gasteiger partial charge in [0.1, 0.15) is 5.01 Å². The second-order valence-electron chi connectivity index (χ2n) is 5.26. The van der Waals surface area contributed by atoms with Crippen LogP contribution in [0, 0.1) is 5.92 Å². The number of hydrogen-bond donors (Lipinski definition) is 1. The van der Waals surface area contributed by atoms with E-state index < -0.39 is 0 Å². The van der Waals surface area contributed by atoms with Gasteiger partial charge in [-0.2, -0.15) is 9.61 Å². The van der Waals surface area contributed by atoms with E-state index in [4.69, 9.17) is 5.73 Å². The van der Waals surface area contributed by atoms with Crippen molar-refractivity contribution in [2.75, 3.05) is 0 Å². The fourth-order valence-electron chi connectivity index (χ4n) is 2.16.